The second-order valence-electron chi connectivity index (χ2n) is 4.84. The number of rotatable bonds is 7. The predicted molar refractivity (Wildman–Crippen MR) is 89.8 cm³/mol. The minimum Gasteiger partial charge on any atom is -0.467 e. The summed E-state index contributed by atoms with van der Waals surface area (Å²) >= 11 is 1.61. The van der Waals surface area contributed by atoms with Gasteiger partial charge in [-0.3, -0.25) is 4.79 Å². The molecule has 122 valence electrons. The van der Waals surface area contributed by atoms with Crippen LogP contribution < -0.4 is 5.32 Å². The lowest BCUT2D eigenvalue weighted by molar-refractivity contribution is -0.142. The summed E-state index contributed by atoms with van der Waals surface area (Å²) in [5.41, 5.74) is 1.25. The van der Waals surface area contributed by atoms with Crippen LogP contribution in [0, 0.1) is 0 Å². The smallest absolute Gasteiger partial charge is 0.328 e. The standard InChI is InChI=1S/C16H19N3O3S/c1-22-16(21)14(8-9-23-2)18-15(20)12-10-17-19(11-12)13-6-4-3-5-7-13/h3-7,10-11,14H,8-9H2,1-2H3,(H,18,20)/t14-/m1/s1. The molecule has 0 unspecified atom stereocenters. The Morgan fingerprint density at radius 3 is 2.74 bits per heavy atom. The maximum atomic E-state index is 12.3. The van der Waals surface area contributed by atoms with Crippen molar-refractivity contribution in [3.8, 4) is 5.69 Å². The lowest BCUT2D eigenvalue weighted by Gasteiger charge is -2.15. The molecule has 0 fully saturated rings. The molecular weight excluding hydrogens is 314 g/mol. The molecule has 0 saturated heterocycles. The van der Waals surface area contributed by atoms with Crippen LogP contribution >= 0.6 is 11.8 Å². The number of nitrogens with one attached hydrogen (secondary N) is 1. The Labute approximate surface area is 139 Å². The van der Waals surface area contributed by atoms with Gasteiger partial charge in [0.05, 0.1) is 24.6 Å². The van der Waals surface area contributed by atoms with Crippen molar-refractivity contribution >= 4 is 23.6 Å². The van der Waals surface area contributed by atoms with Crippen LogP contribution in [0.5, 0.6) is 0 Å². The molecule has 0 aliphatic rings. The Balaban J connectivity index is 2.07. The molecule has 0 aliphatic heterocycles. The van der Waals surface area contributed by atoms with E-state index >= 15 is 0 Å². The molecule has 1 heterocycles. The molecule has 1 atom stereocenters. The van der Waals surface area contributed by atoms with Crippen LogP contribution in [0.4, 0.5) is 0 Å². The monoisotopic (exact) mass is 333 g/mol. The Morgan fingerprint density at radius 1 is 1.35 bits per heavy atom. The maximum Gasteiger partial charge on any atom is 0.328 e. The van der Waals surface area contributed by atoms with Crippen molar-refractivity contribution in [3.05, 3.63) is 48.3 Å². The zero-order valence-electron chi connectivity index (χ0n) is 13.1. The van der Waals surface area contributed by atoms with Gasteiger partial charge in [-0.2, -0.15) is 16.9 Å². The first-order chi connectivity index (χ1) is 11.2. The Bertz CT molecular complexity index is 658. The van der Waals surface area contributed by atoms with E-state index in [-0.39, 0.29) is 5.91 Å². The Morgan fingerprint density at radius 2 is 2.09 bits per heavy atom. The van der Waals surface area contributed by atoms with Crippen LogP contribution in [-0.4, -0.2) is 46.8 Å². The second kappa shape index (κ2) is 8.38. The number of hydrogen-bond donors (Lipinski definition) is 1. The molecule has 7 heteroatoms. The quantitative estimate of drug-likeness (QED) is 0.784. The molecule has 1 aromatic heterocycles. The first-order valence-electron chi connectivity index (χ1n) is 7.13. The molecule has 1 N–H and O–H groups in total. The number of methoxy groups -OCH3 is 1. The second-order valence-corrected chi connectivity index (χ2v) is 5.83. The molecule has 0 spiro atoms. The van der Waals surface area contributed by atoms with Crippen molar-refractivity contribution in [2.45, 2.75) is 12.5 Å². The highest BCUT2D eigenvalue weighted by Gasteiger charge is 2.22. The lowest BCUT2D eigenvalue weighted by atomic mass is 10.2. The van der Waals surface area contributed by atoms with E-state index in [0.717, 1.165) is 11.4 Å². The third kappa shape index (κ3) is 4.59. The Hall–Kier alpha value is -2.28. The summed E-state index contributed by atoms with van der Waals surface area (Å²) in [5, 5.41) is 6.88. The minimum atomic E-state index is -0.653. The van der Waals surface area contributed by atoms with E-state index in [1.165, 1.54) is 13.3 Å². The molecule has 0 saturated carbocycles. The summed E-state index contributed by atoms with van der Waals surface area (Å²) in [6.07, 6.45) is 5.57. The van der Waals surface area contributed by atoms with E-state index in [1.807, 2.05) is 36.6 Å². The maximum absolute atomic E-state index is 12.3. The fourth-order valence-electron chi connectivity index (χ4n) is 2.03. The van der Waals surface area contributed by atoms with Gasteiger partial charge in [-0.05, 0) is 30.6 Å². The van der Waals surface area contributed by atoms with Gasteiger partial charge in [0.1, 0.15) is 6.04 Å². The van der Waals surface area contributed by atoms with E-state index in [4.69, 9.17) is 4.74 Å². The predicted octanol–water partition coefficient (Wildman–Crippen LogP) is 1.90. The first kappa shape index (κ1) is 17.1. The van der Waals surface area contributed by atoms with Gasteiger partial charge in [-0.15, -0.1) is 0 Å². The van der Waals surface area contributed by atoms with E-state index in [1.54, 1.807) is 22.6 Å². The first-order valence-corrected chi connectivity index (χ1v) is 8.53. The Kier molecular flexibility index (Phi) is 6.22. The average molecular weight is 333 g/mol. The summed E-state index contributed by atoms with van der Waals surface area (Å²) in [4.78, 5) is 24.0. The van der Waals surface area contributed by atoms with Crippen molar-refractivity contribution in [2.75, 3.05) is 19.1 Å². The van der Waals surface area contributed by atoms with Gasteiger partial charge >= 0.3 is 5.97 Å². The van der Waals surface area contributed by atoms with Gasteiger partial charge in [0, 0.05) is 6.20 Å². The number of aromatic nitrogens is 2. The molecule has 2 aromatic rings. The van der Waals surface area contributed by atoms with Gasteiger partial charge in [-0.1, -0.05) is 18.2 Å². The number of hydrogen-bond acceptors (Lipinski definition) is 5. The zero-order valence-corrected chi connectivity index (χ0v) is 13.9. The zero-order chi connectivity index (χ0) is 16.7. The van der Waals surface area contributed by atoms with Crippen molar-refractivity contribution in [1.29, 1.82) is 0 Å². The van der Waals surface area contributed by atoms with E-state index in [9.17, 15) is 9.59 Å². The molecule has 23 heavy (non-hydrogen) atoms. The molecule has 2 rings (SSSR count). The van der Waals surface area contributed by atoms with Crippen LogP contribution in [0.1, 0.15) is 16.8 Å². The van der Waals surface area contributed by atoms with E-state index in [0.29, 0.717) is 12.0 Å². The highest BCUT2D eigenvalue weighted by Crippen LogP contribution is 2.09. The summed E-state index contributed by atoms with van der Waals surface area (Å²) in [5.74, 6) is -0.0323. The van der Waals surface area contributed by atoms with Crippen LogP contribution in [0.3, 0.4) is 0 Å². The lowest BCUT2D eigenvalue weighted by Crippen LogP contribution is -2.41. The SMILES string of the molecule is COC(=O)[C@@H](CCSC)NC(=O)c1cnn(-c2ccccc2)c1. The fraction of sp³-hybridized carbons (Fsp3) is 0.312. The number of carbonyl (C=O) groups excluding carboxylic acids is 2. The van der Waals surface area contributed by atoms with Crippen LogP contribution in [-0.2, 0) is 9.53 Å². The highest BCUT2D eigenvalue weighted by atomic mass is 32.2. The fourth-order valence-corrected chi connectivity index (χ4v) is 2.50. The minimum absolute atomic E-state index is 0.344. The van der Waals surface area contributed by atoms with E-state index in [2.05, 4.69) is 10.4 Å². The number of nitrogens with zero attached hydrogens (tertiary/aromatic N) is 2. The van der Waals surface area contributed by atoms with Crippen molar-refractivity contribution < 1.29 is 14.3 Å². The molecule has 0 radical (unpaired) electrons. The van der Waals surface area contributed by atoms with Gasteiger partial charge in [0.25, 0.3) is 5.91 Å². The number of thioether (sulfide) groups is 1. The normalized spacial score (nSPS) is 11.7. The molecule has 1 aromatic carbocycles. The molecular formula is C16H19N3O3S. The number of benzene rings is 1. The van der Waals surface area contributed by atoms with Gasteiger partial charge in [0.2, 0.25) is 0 Å². The van der Waals surface area contributed by atoms with Crippen molar-refractivity contribution in [3.63, 3.8) is 0 Å². The number of para-hydroxylation sites is 1. The third-order valence-corrected chi connectivity index (χ3v) is 3.91. The van der Waals surface area contributed by atoms with Crippen LogP contribution in [0.2, 0.25) is 0 Å². The number of ether oxygens (including phenoxy) is 1. The summed E-state index contributed by atoms with van der Waals surface area (Å²) in [6.45, 7) is 0. The topological polar surface area (TPSA) is 73.2 Å². The summed E-state index contributed by atoms with van der Waals surface area (Å²) in [6, 6.07) is 8.83. The van der Waals surface area contributed by atoms with Crippen molar-refractivity contribution in [1.82, 2.24) is 15.1 Å². The largest absolute Gasteiger partial charge is 0.467 e. The van der Waals surface area contributed by atoms with Crippen LogP contribution in [0.15, 0.2) is 42.7 Å². The van der Waals surface area contributed by atoms with Gasteiger partial charge in [-0.25, -0.2) is 9.48 Å². The number of esters is 1. The average Bonchev–Trinajstić information content (AvgIpc) is 3.08. The summed E-state index contributed by atoms with van der Waals surface area (Å²) in [7, 11) is 1.31. The van der Waals surface area contributed by atoms with E-state index < -0.39 is 12.0 Å². The van der Waals surface area contributed by atoms with Gasteiger partial charge in [0.15, 0.2) is 0 Å². The highest BCUT2D eigenvalue weighted by molar-refractivity contribution is 7.98. The molecule has 6 nitrogen and oxygen atoms in total. The summed E-state index contributed by atoms with van der Waals surface area (Å²) < 4.78 is 6.35. The number of carbonyl (C=O) groups is 2. The molecule has 0 aliphatic carbocycles. The molecule has 0 bridgehead atoms. The van der Waals surface area contributed by atoms with Crippen molar-refractivity contribution in [2.24, 2.45) is 0 Å². The third-order valence-electron chi connectivity index (χ3n) is 3.27. The number of amides is 1. The van der Waals surface area contributed by atoms with Crippen LogP contribution in [0.25, 0.3) is 5.69 Å². The molecule has 1 amide bonds. The van der Waals surface area contributed by atoms with Gasteiger partial charge < -0.3 is 10.1 Å².